The van der Waals surface area contributed by atoms with Gasteiger partial charge in [-0.2, -0.15) is 0 Å². The number of phenolic OH excluding ortho intramolecular Hbond substituents is 1. The van der Waals surface area contributed by atoms with Crippen LogP contribution >= 0.6 is 45.2 Å². The molecule has 1 aliphatic heterocycles. The van der Waals surface area contributed by atoms with Gasteiger partial charge in [-0.25, -0.2) is 4.79 Å². The number of carbonyl (C=O) groups excluding carboxylic acids is 1. The highest BCUT2D eigenvalue weighted by atomic mass is 127. The number of carbonyl (C=O) groups is 1. The Bertz CT molecular complexity index is 575. The zero-order valence-corrected chi connectivity index (χ0v) is 15.0. The second kappa shape index (κ2) is 6.49. The van der Waals surface area contributed by atoms with Gasteiger partial charge in [-0.1, -0.05) is 5.92 Å². The normalized spacial score (nSPS) is 17.2. The summed E-state index contributed by atoms with van der Waals surface area (Å²) >= 11 is 4.08. The number of esters is 1. The molecule has 0 atom stereocenters. The van der Waals surface area contributed by atoms with Gasteiger partial charge in [-0.15, -0.1) is 6.42 Å². The summed E-state index contributed by atoms with van der Waals surface area (Å²) in [5.74, 6) is 2.01. The summed E-state index contributed by atoms with van der Waals surface area (Å²) in [7, 11) is 0. The maximum Gasteiger partial charge on any atom is 0.343 e. The predicted molar refractivity (Wildman–Crippen MR) is 91.4 cm³/mol. The molecule has 1 aliphatic rings. The van der Waals surface area contributed by atoms with Crippen molar-refractivity contribution >= 4 is 51.2 Å². The average Bonchev–Trinajstić information content (AvgIpc) is 2.43. The van der Waals surface area contributed by atoms with Crippen LogP contribution in [0, 0.1) is 19.5 Å². The zero-order chi connectivity index (χ0) is 14.8. The molecule has 106 valence electrons. The highest BCUT2D eigenvalue weighted by Crippen LogP contribution is 2.30. The summed E-state index contributed by atoms with van der Waals surface area (Å²) in [6, 6.07) is 3.40. The highest BCUT2D eigenvalue weighted by Gasteiger charge is 2.36. The van der Waals surface area contributed by atoms with Crippen LogP contribution in [0.4, 0.5) is 0 Å². The third-order valence-electron chi connectivity index (χ3n) is 3.30. The molecule has 2 rings (SSSR count). The van der Waals surface area contributed by atoms with Crippen LogP contribution in [0.1, 0.15) is 23.2 Å². The van der Waals surface area contributed by atoms with Crippen LogP contribution < -0.4 is 5.32 Å². The van der Waals surface area contributed by atoms with Crippen LogP contribution in [0.3, 0.4) is 0 Å². The standard InChI is InChI=1S/C14H13I2NO3/c1-2-14(3-5-17-6-4-14)20-13(19)10-7-9(15)8-11(16)12(10)18/h1,7-8,17-18H,3-6H2/p+1. The van der Waals surface area contributed by atoms with Gasteiger partial charge in [-0.3, -0.25) is 0 Å². The van der Waals surface area contributed by atoms with E-state index in [1.54, 1.807) is 12.1 Å². The SMILES string of the molecule is C#CC1(OC(=O)c2cc(I)cc(I)c2O)CC[NH2+]CC1. The Labute approximate surface area is 144 Å². The van der Waals surface area contributed by atoms with E-state index in [9.17, 15) is 9.90 Å². The first-order valence-electron chi connectivity index (χ1n) is 6.18. The number of piperidine rings is 1. The van der Waals surface area contributed by atoms with E-state index in [1.807, 2.05) is 22.6 Å². The lowest BCUT2D eigenvalue weighted by molar-refractivity contribution is -0.666. The molecule has 1 fully saturated rings. The smallest absolute Gasteiger partial charge is 0.343 e. The fraction of sp³-hybridized carbons (Fsp3) is 0.357. The molecule has 0 unspecified atom stereocenters. The van der Waals surface area contributed by atoms with Gasteiger partial charge in [0.15, 0.2) is 5.60 Å². The van der Waals surface area contributed by atoms with Crippen molar-refractivity contribution in [1.29, 1.82) is 0 Å². The van der Waals surface area contributed by atoms with Gasteiger partial charge in [0.25, 0.3) is 0 Å². The van der Waals surface area contributed by atoms with E-state index in [0.717, 1.165) is 16.7 Å². The summed E-state index contributed by atoms with van der Waals surface area (Å²) in [5, 5.41) is 12.2. The first kappa shape index (κ1) is 15.9. The molecule has 0 spiro atoms. The predicted octanol–water partition coefficient (Wildman–Crippen LogP) is 1.49. The minimum atomic E-state index is -0.842. The van der Waals surface area contributed by atoms with Crippen LogP contribution in [0.2, 0.25) is 0 Å². The van der Waals surface area contributed by atoms with Crippen molar-refractivity contribution < 1.29 is 20.0 Å². The number of halogens is 2. The van der Waals surface area contributed by atoms with Crippen molar-refractivity contribution in [3.63, 3.8) is 0 Å². The van der Waals surface area contributed by atoms with Crippen molar-refractivity contribution in [2.75, 3.05) is 13.1 Å². The molecule has 0 radical (unpaired) electrons. The summed E-state index contributed by atoms with van der Waals surface area (Å²) in [4.78, 5) is 12.3. The maximum atomic E-state index is 12.3. The second-order valence-electron chi connectivity index (χ2n) is 4.68. The molecular weight excluding hydrogens is 484 g/mol. The van der Waals surface area contributed by atoms with E-state index in [0.29, 0.717) is 16.4 Å². The molecule has 1 saturated heterocycles. The molecule has 0 amide bonds. The summed E-state index contributed by atoms with van der Waals surface area (Å²) in [6.07, 6.45) is 6.83. The molecule has 4 nitrogen and oxygen atoms in total. The Morgan fingerprint density at radius 2 is 2.05 bits per heavy atom. The van der Waals surface area contributed by atoms with Crippen molar-refractivity contribution in [1.82, 2.24) is 0 Å². The van der Waals surface area contributed by atoms with Gasteiger partial charge in [0.2, 0.25) is 0 Å². The van der Waals surface area contributed by atoms with Crippen LogP contribution in [-0.2, 0) is 4.74 Å². The summed E-state index contributed by atoms with van der Waals surface area (Å²) in [6.45, 7) is 1.68. The van der Waals surface area contributed by atoms with E-state index >= 15 is 0 Å². The molecule has 0 aliphatic carbocycles. The molecule has 0 aromatic heterocycles. The van der Waals surface area contributed by atoms with Crippen molar-refractivity contribution in [2.24, 2.45) is 0 Å². The zero-order valence-electron chi connectivity index (χ0n) is 10.7. The number of aromatic hydroxyl groups is 1. The first-order chi connectivity index (χ1) is 9.47. The molecule has 0 saturated carbocycles. The first-order valence-corrected chi connectivity index (χ1v) is 8.34. The topological polar surface area (TPSA) is 63.1 Å². The Morgan fingerprint density at radius 3 is 2.65 bits per heavy atom. The van der Waals surface area contributed by atoms with Crippen LogP contribution in [0.15, 0.2) is 12.1 Å². The number of rotatable bonds is 2. The minimum Gasteiger partial charge on any atom is -0.506 e. The Kier molecular flexibility index (Phi) is 5.14. The van der Waals surface area contributed by atoms with Crippen molar-refractivity contribution in [3.8, 4) is 18.1 Å². The van der Waals surface area contributed by atoms with E-state index in [1.165, 1.54) is 0 Å². The molecule has 3 N–H and O–H groups in total. The van der Waals surface area contributed by atoms with Crippen molar-refractivity contribution in [3.05, 3.63) is 24.8 Å². The van der Waals surface area contributed by atoms with Crippen molar-refractivity contribution in [2.45, 2.75) is 18.4 Å². The molecule has 0 bridgehead atoms. The lowest BCUT2D eigenvalue weighted by atomic mass is 9.93. The lowest BCUT2D eigenvalue weighted by Crippen LogP contribution is -2.87. The van der Waals surface area contributed by atoms with E-state index in [2.05, 4.69) is 33.8 Å². The molecule has 1 heterocycles. The number of terminal acetylenes is 1. The molecular formula is C14H14I2NO3+. The summed E-state index contributed by atoms with van der Waals surface area (Å²) in [5.41, 5.74) is -0.671. The van der Waals surface area contributed by atoms with E-state index in [-0.39, 0.29) is 11.3 Å². The van der Waals surface area contributed by atoms with E-state index in [4.69, 9.17) is 11.2 Å². The number of phenols is 1. The fourth-order valence-electron chi connectivity index (χ4n) is 2.17. The number of ether oxygens (including phenoxy) is 1. The van der Waals surface area contributed by atoms with Crippen LogP contribution in [0.25, 0.3) is 0 Å². The van der Waals surface area contributed by atoms with Gasteiger partial charge < -0.3 is 15.2 Å². The Balaban J connectivity index is 2.26. The number of quaternary nitrogens is 1. The van der Waals surface area contributed by atoms with Gasteiger partial charge in [-0.05, 0) is 57.3 Å². The minimum absolute atomic E-state index is 0.0504. The number of hydrogen-bond donors (Lipinski definition) is 2. The fourth-order valence-corrected chi connectivity index (χ4v) is 4.01. The third kappa shape index (κ3) is 3.38. The Morgan fingerprint density at radius 1 is 1.40 bits per heavy atom. The van der Waals surface area contributed by atoms with Gasteiger partial charge >= 0.3 is 5.97 Å². The second-order valence-corrected chi connectivity index (χ2v) is 7.09. The van der Waals surface area contributed by atoms with Gasteiger partial charge in [0.1, 0.15) is 11.3 Å². The lowest BCUT2D eigenvalue weighted by Gasteiger charge is -2.30. The van der Waals surface area contributed by atoms with Crippen LogP contribution in [-0.4, -0.2) is 29.8 Å². The number of benzene rings is 1. The molecule has 6 heteroatoms. The molecule has 1 aromatic carbocycles. The maximum absolute atomic E-state index is 12.3. The molecule has 20 heavy (non-hydrogen) atoms. The largest absolute Gasteiger partial charge is 0.506 e. The highest BCUT2D eigenvalue weighted by molar-refractivity contribution is 14.1. The number of hydrogen-bond acceptors (Lipinski definition) is 3. The summed E-state index contributed by atoms with van der Waals surface area (Å²) < 4.78 is 7.03. The van der Waals surface area contributed by atoms with E-state index < -0.39 is 11.6 Å². The quantitative estimate of drug-likeness (QED) is 0.370. The molecule has 1 aromatic rings. The average molecular weight is 498 g/mol. The van der Waals surface area contributed by atoms with Gasteiger partial charge in [0, 0.05) is 16.4 Å². The Hall–Kier alpha value is -0.530. The van der Waals surface area contributed by atoms with Gasteiger partial charge in [0.05, 0.1) is 16.7 Å². The van der Waals surface area contributed by atoms with Crippen LogP contribution in [0.5, 0.6) is 5.75 Å². The monoisotopic (exact) mass is 498 g/mol. The third-order valence-corrected chi connectivity index (χ3v) is 4.75. The number of nitrogens with two attached hydrogens (primary N) is 1.